The Morgan fingerprint density at radius 1 is 1.22 bits per heavy atom. The zero-order chi connectivity index (χ0) is 7.49. The highest BCUT2D eigenvalue weighted by atomic mass is 31.1. The van der Waals surface area contributed by atoms with Crippen LogP contribution in [0.5, 0.6) is 0 Å². The first-order valence-electron chi connectivity index (χ1n) is 3.14. The van der Waals surface area contributed by atoms with Crippen molar-refractivity contribution in [3.8, 4) is 0 Å². The predicted molar refractivity (Wildman–Crippen MR) is 50.0 cm³/mol. The lowest BCUT2D eigenvalue weighted by Crippen LogP contribution is -2.21. The Morgan fingerprint density at radius 2 is 1.67 bits per heavy atom. The quantitative estimate of drug-likeness (QED) is 0.443. The predicted octanol–water partition coefficient (Wildman–Crippen LogP) is 2.09. The molecule has 0 bridgehead atoms. The molecular formula is C6H16NPSi. The molecule has 0 unspecified atom stereocenters. The second-order valence-electron chi connectivity index (χ2n) is 3.46. The third kappa shape index (κ3) is 8.35. The van der Waals surface area contributed by atoms with E-state index < -0.39 is 8.07 Å². The van der Waals surface area contributed by atoms with Gasteiger partial charge in [-0.15, -0.1) is 0 Å². The summed E-state index contributed by atoms with van der Waals surface area (Å²) in [7, 11) is 4.65. The van der Waals surface area contributed by atoms with Crippen LogP contribution in [0.4, 0.5) is 0 Å². The van der Waals surface area contributed by atoms with E-state index in [2.05, 4.69) is 43.8 Å². The molecule has 3 heteroatoms. The number of hydrogen-bond acceptors (Lipinski definition) is 1. The summed E-state index contributed by atoms with van der Waals surface area (Å²) in [5.74, 6) is 0. The molecule has 0 aromatic carbocycles. The van der Waals surface area contributed by atoms with Crippen molar-refractivity contribution in [3.63, 3.8) is 0 Å². The van der Waals surface area contributed by atoms with Crippen LogP contribution in [0.25, 0.3) is 0 Å². The lowest BCUT2D eigenvalue weighted by molar-refractivity contribution is 0.701. The summed E-state index contributed by atoms with van der Waals surface area (Å²) >= 11 is 0. The fraction of sp³-hybridized carbons (Fsp3) is 0.833. The van der Waals surface area contributed by atoms with Gasteiger partial charge in [0.25, 0.3) is 0 Å². The van der Waals surface area contributed by atoms with E-state index in [4.69, 9.17) is 0 Å². The maximum Gasteiger partial charge on any atom is 0.0754 e. The molecule has 0 N–H and O–H groups in total. The van der Waals surface area contributed by atoms with Crippen LogP contribution < -0.4 is 0 Å². The average Bonchev–Trinajstić information content (AvgIpc) is 1.59. The molecule has 0 saturated carbocycles. The standard InChI is InChI=1S/C6H16NPSi/c1-7(2)8-6-9(3,4)5/h6H,1-5H3. The summed E-state index contributed by atoms with van der Waals surface area (Å²) in [6.45, 7) is 7.05. The molecular weight excluding hydrogens is 145 g/mol. The molecule has 0 radical (unpaired) electrons. The minimum absolute atomic E-state index is 0.899. The van der Waals surface area contributed by atoms with Gasteiger partial charge in [-0.05, 0) is 22.5 Å². The van der Waals surface area contributed by atoms with Crippen molar-refractivity contribution in [1.29, 1.82) is 0 Å². The van der Waals surface area contributed by atoms with Crippen LogP contribution in [-0.4, -0.2) is 32.3 Å². The SMILES string of the molecule is CN(C)P=C[Si](C)(C)C. The van der Waals surface area contributed by atoms with Crippen molar-refractivity contribution < 1.29 is 0 Å². The maximum absolute atomic E-state index is 2.42. The van der Waals surface area contributed by atoms with Crippen LogP contribution in [0.2, 0.25) is 19.6 Å². The van der Waals surface area contributed by atoms with Crippen LogP contribution >= 0.6 is 8.35 Å². The van der Waals surface area contributed by atoms with Crippen LogP contribution in [0, 0.1) is 0 Å². The Hall–Kier alpha value is 0.347. The van der Waals surface area contributed by atoms with E-state index in [1.54, 1.807) is 0 Å². The largest absolute Gasteiger partial charge is 0.264 e. The summed E-state index contributed by atoms with van der Waals surface area (Å²) in [4.78, 5) is 0. The van der Waals surface area contributed by atoms with Crippen LogP contribution in [0.3, 0.4) is 0 Å². The van der Waals surface area contributed by atoms with Crippen molar-refractivity contribution in [3.05, 3.63) is 0 Å². The van der Waals surface area contributed by atoms with E-state index in [9.17, 15) is 0 Å². The summed E-state index contributed by atoms with van der Waals surface area (Å²) in [6, 6.07) is 0. The third-order valence-corrected chi connectivity index (χ3v) is 4.70. The first-order chi connectivity index (χ1) is 3.92. The van der Waals surface area contributed by atoms with E-state index in [0.29, 0.717) is 0 Å². The smallest absolute Gasteiger partial charge is 0.0754 e. The highest BCUT2D eigenvalue weighted by molar-refractivity contribution is 7.45. The molecule has 0 aromatic rings. The Balaban J connectivity index is 3.71. The van der Waals surface area contributed by atoms with E-state index in [1.165, 1.54) is 8.35 Å². The lowest BCUT2D eigenvalue weighted by atomic mass is 11.3. The fourth-order valence-corrected chi connectivity index (χ4v) is 2.60. The first-order valence-corrected chi connectivity index (χ1v) is 7.64. The molecule has 54 valence electrons. The molecule has 0 aliphatic rings. The number of hydrogen-bond donors (Lipinski definition) is 0. The monoisotopic (exact) mass is 161 g/mol. The lowest BCUT2D eigenvalue weighted by Gasteiger charge is -2.09. The number of nitrogens with zero attached hydrogens (tertiary/aromatic N) is 1. The molecule has 0 heterocycles. The van der Waals surface area contributed by atoms with E-state index in [0.717, 1.165) is 0 Å². The van der Waals surface area contributed by atoms with E-state index in [-0.39, 0.29) is 0 Å². The van der Waals surface area contributed by atoms with Gasteiger partial charge in [-0.2, -0.15) is 0 Å². The summed E-state index contributed by atoms with van der Waals surface area (Å²) < 4.78 is 2.18. The molecule has 0 aliphatic heterocycles. The highest BCUT2D eigenvalue weighted by Gasteiger charge is 2.06. The van der Waals surface area contributed by atoms with Gasteiger partial charge in [-0.25, -0.2) is 0 Å². The minimum Gasteiger partial charge on any atom is -0.264 e. The molecule has 0 spiro atoms. The molecule has 0 fully saturated rings. The highest BCUT2D eigenvalue weighted by Crippen LogP contribution is 2.04. The average molecular weight is 161 g/mol. The van der Waals surface area contributed by atoms with E-state index in [1.807, 2.05) is 0 Å². The second kappa shape index (κ2) is 3.50. The molecule has 9 heavy (non-hydrogen) atoms. The number of rotatable bonds is 2. The normalized spacial score (nSPS) is 13.6. The van der Waals surface area contributed by atoms with Gasteiger partial charge in [-0.3, -0.25) is 4.67 Å². The Morgan fingerprint density at radius 3 is 1.78 bits per heavy atom. The van der Waals surface area contributed by atoms with Gasteiger partial charge in [0.15, 0.2) is 0 Å². The second-order valence-corrected chi connectivity index (χ2v) is 10.3. The topological polar surface area (TPSA) is 3.24 Å². The summed E-state index contributed by atoms with van der Waals surface area (Å²) in [5.41, 5.74) is 2.42. The van der Waals surface area contributed by atoms with Crippen LogP contribution in [-0.2, 0) is 0 Å². The maximum atomic E-state index is 2.42. The Kier molecular flexibility index (Phi) is 3.63. The third-order valence-electron chi connectivity index (χ3n) is 0.676. The summed E-state index contributed by atoms with van der Waals surface area (Å²) in [6.07, 6.45) is 0. The zero-order valence-electron chi connectivity index (χ0n) is 6.97. The molecule has 1 nitrogen and oxygen atoms in total. The molecule has 0 rings (SSSR count). The van der Waals surface area contributed by atoms with Gasteiger partial charge in [0, 0.05) is 0 Å². The molecule has 0 aromatic heterocycles. The molecule has 0 aliphatic carbocycles. The van der Waals surface area contributed by atoms with Crippen LogP contribution in [0.15, 0.2) is 0 Å². The molecule has 0 saturated heterocycles. The summed E-state index contributed by atoms with van der Waals surface area (Å²) in [5, 5.41) is 0. The van der Waals surface area contributed by atoms with Crippen molar-refractivity contribution in [2.75, 3.05) is 14.1 Å². The van der Waals surface area contributed by atoms with E-state index >= 15 is 0 Å². The Bertz CT molecular complexity index is 104. The van der Waals surface area contributed by atoms with Crippen molar-refractivity contribution in [2.24, 2.45) is 0 Å². The fourth-order valence-electron chi connectivity index (χ4n) is 0.289. The Labute approximate surface area is 60.9 Å². The van der Waals surface area contributed by atoms with Gasteiger partial charge < -0.3 is 0 Å². The first kappa shape index (κ1) is 9.35. The van der Waals surface area contributed by atoms with Crippen molar-refractivity contribution in [2.45, 2.75) is 19.6 Å². The van der Waals surface area contributed by atoms with Crippen molar-refractivity contribution in [1.82, 2.24) is 4.67 Å². The zero-order valence-corrected chi connectivity index (χ0v) is 8.87. The van der Waals surface area contributed by atoms with Gasteiger partial charge in [0.2, 0.25) is 0 Å². The molecule has 0 atom stereocenters. The van der Waals surface area contributed by atoms with Gasteiger partial charge in [0.05, 0.1) is 8.07 Å². The molecule has 0 amide bonds. The van der Waals surface area contributed by atoms with Gasteiger partial charge >= 0.3 is 0 Å². The minimum atomic E-state index is -0.899. The van der Waals surface area contributed by atoms with Gasteiger partial charge in [-0.1, -0.05) is 25.1 Å². The van der Waals surface area contributed by atoms with Crippen molar-refractivity contribution >= 4 is 21.8 Å². The van der Waals surface area contributed by atoms with Gasteiger partial charge in [0.1, 0.15) is 0 Å². The van der Waals surface area contributed by atoms with Crippen LogP contribution in [0.1, 0.15) is 0 Å².